The second kappa shape index (κ2) is 40.9. The maximum atomic E-state index is 14.6. The number of hydrogen-bond acceptors (Lipinski definition) is 23. The van der Waals surface area contributed by atoms with E-state index in [-0.39, 0.29) is 61.2 Å². The number of fused-ring (bicyclic) bond motifs is 12. The Kier molecular flexibility index (Phi) is 30.2. The summed E-state index contributed by atoms with van der Waals surface area (Å²) in [5, 5.41) is 24.1. The van der Waals surface area contributed by atoms with E-state index in [1.54, 1.807) is 66.7 Å². The lowest BCUT2D eigenvalue weighted by Crippen LogP contribution is -2.61. The van der Waals surface area contributed by atoms with Gasteiger partial charge in [-0.2, -0.15) is 0 Å². The minimum Gasteiger partial charge on any atom is -0.451 e. The third kappa shape index (κ3) is 22.5. The van der Waals surface area contributed by atoms with Gasteiger partial charge < -0.3 is 55.6 Å². The van der Waals surface area contributed by atoms with Crippen molar-refractivity contribution in [2.45, 2.75) is 258 Å². The molecule has 3 aromatic heterocycles. The van der Waals surface area contributed by atoms with Crippen molar-refractivity contribution in [3.05, 3.63) is 143 Å². The van der Waals surface area contributed by atoms with Crippen LogP contribution in [0.15, 0.2) is 109 Å². The van der Waals surface area contributed by atoms with E-state index in [0.29, 0.717) is 105 Å². The van der Waals surface area contributed by atoms with Crippen molar-refractivity contribution in [3.8, 4) is 0 Å². The van der Waals surface area contributed by atoms with Gasteiger partial charge in [0.15, 0.2) is 18.3 Å². The molecule has 4 saturated heterocycles. The fourth-order valence-electron chi connectivity index (χ4n) is 17.2. The Morgan fingerprint density at radius 3 is 1.18 bits per heavy atom. The molecule has 33 heteroatoms. The maximum Gasteiger partial charge on any atom is 0.345 e. The molecule has 6 fully saturated rings. The second-order valence-corrected chi connectivity index (χ2v) is 37.6. The number of carbonyl (C=O) groups excluding carboxylic acids is 12. The Bertz CT molecular complexity index is 5370. The highest BCUT2D eigenvalue weighted by Crippen LogP contribution is 2.46. The van der Waals surface area contributed by atoms with Crippen LogP contribution in [0, 0.1) is 34.5 Å². The molecular formula is C97H124FN15O17. The van der Waals surface area contributed by atoms with Gasteiger partial charge in [-0.15, -0.1) is 0 Å². The molecule has 696 valence electrons. The smallest absolute Gasteiger partial charge is 0.345 e. The van der Waals surface area contributed by atoms with Crippen LogP contribution in [0.2, 0.25) is 0 Å². The predicted octanol–water partition coefficient (Wildman–Crippen LogP) is 9.51. The largest absolute Gasteiger partial charge is 0.451 e. The van der Waals surface area contributed by atoms with Crippen LogP contribution in [-0.4, -0.2) is 206 Å². The molecule has 15 rings (SSSR count). The van der Waals surface area contributed by atoms with Crippen LogP contribution in [-0.2, 0) is 81.2 Å². The molecule has 7 aliphatic heterocycles. The number of esters is 3. The molecule has 9 amide bonds. The topological polar surface area (TPSA) is 408 Å². The lowest BCUT2D eigenvalue weighted by atomic mass is 9.84. The van der Waals surface area contributed by atoms with E-state index in [2.05, 4.69) is 55.1 Å². The molecule has 3 aromatic carbocycles. The molecule has 0 radical (unpaired) electrons. The van der Waals surface area contributed by atoms with Crippen molar-refractivity contribution in [2.24, 2.45) is 34.5 Å². The summed E-state index contributed by atoms with van der Waals surface area (Å²) in [5.74, 6) is -6.25. The number of cyclic esters (lactones) is 3. The first-order valence-corrected chi connectivity index (χ1v) is 45.7. The summed E-state index contributed by atoms with van der Waals surface area (Å²) in [6.07, 6.45) is 14.3. The molecular weight excluding hydrogens is 1670 g/mol. The minimum absolute atomic E-state index is 0.0587. The Morgan fingerprint density at radius 1 is 0.431 bits per heavy atom. The number of aromatic nitrogens is 3. The van der Waals surface area contributed by atoms with Gasteiger partial charge in [0.05, 0.1) is 76.0 Å². The number of carbonyl (C=O) groups is 12. The number of ether oxygens (including phenoxy) is 5. The van der Waals surface area contributed by atoms with Crippen LogP contribution >= 0.6 is 0 Å². The SMILES string of the molecule is CC(C)[C@@H]1OC(=O)C2(/C=C/c3ccc4ccc(nc4c3)[C@@H](C)NC(=O)[C@@H]3CCCN(N3)C(=O)[C@H](C)NC1=O)COC(C)(C)CO2.CC1CCC2(/C=C/c3ccc4ccc(nc4c3)[C@@H](C)NC(=O)[C@@H]3CCCN(N3)C(=O)[C@H](C)NC(=O)[C@H](C3CC3)OC2=O)C1.CCC1(CF)/C=C/c2ccc3ccc(nc3c2)[C@@H](C)NC(=O)[C@@H]2CCCN(N2)C(=O)[C@H](C)NC(=O)[C@H](C(C)C)OC1=O. The van der Waals surface area contributed by atoms with Crippen molar-refractivity contribution in [1.29, 1.82) is 0 Å². The van der Waals surface area contributed by atoms with Crippen molar-refractivity contribution >= 4 is 122 Å². The monoisotopic (exact) mass is 1790 g/mol. The minimum atomic E-state index is -1.61. The van der Waals surface area contributed by atoms with Crippen LogP contribution < -0.4 is 48.2 Å². The van der Waals surface area contributed by atoms with Gasteiger partial charge in [-0.25, -0.2) is 25.5 Å². The highest BCUT2D eigenvalue weighted by atomic mass is 19.1. The first-order chi connectivity index (χ1) is 61.9. The number of rotatable bonds is 5. The lowest BCUT2D eigenvalue weighted by molar-refractivity contribution is -0.224. The lowest BCUT2D eigenvalue weighted by Gasteiger charge is -2.41. The molecule has 10 heterocycles. The summed E-state index contributed by atoms with van der Waals surface area (Å²) in [6, 6.07) is 22.9. The average Bonchev–Trinajstić information content (AvgIpc) is 1.45. The van der Waals surface area contributed by atoms with Gasteiger partial charge in [0.2, 0.25) is 23.3 Å². The van der Waals surface area contributed by atoms with Gasteiger partial charge in [0, 0.05) is 41.7 Å². The van der Waals surface area contributed by atoms with Crippen molar-refractivity contribution in [2.75, 3.05) is 39.5 Å². The van der Waals surface area contributed by atoms with E-state index in [0.717, 1.165) is 57.8 Å². The molecule has 6 aromatic rings. The molecule has 15 bridgehead atoms. The summed E-state index contributed by atoms with van der Waals surface area (Å²) in [5.41, 5.74) is 11.0. The Labute approximate surface area is 756 Å². The van der Waals surface area contributed by atoms with Crippen LogP contribution in [0.25, 0.3) is 50.9 Å². The number of hydrazine groups is 3. The second-order valence-electron chi connectivity index (χ2n) is 37.6. The van der Waals surface area contributed by atoms with E-state index in [1.165, 1.54) is 28.0 Å². The highest BCUT2D eigenvalue weighted by Gasteiger charge is 2.51. The number of pyridine rings is 3. The molecule has 4 unspecified atom stereocenters. The van der Waals surface area contributed by atoms with E-state index >= 15 is 0 Å². The Balaban J connectivity index is 0.000000166. The first-order valence-electron chi connectivity index (χ1n) is 45.7. The first kappa shape index (κ1) is 96.0. The fraction of sp³-hybridized carbons (Fsp3) is 0.536. The van der Waals surface area contributed by atoms with Crippen LogP contribution in [0.1, 0.15) is 226 Å². The van der Waals surface area contributed by atoms with Crippen molar-refractivity contribution < 1.29 is 85.6 Å². The van der Waals surface area contributed by atoms with Gasteiger partial charge in [-0.05, 0) is 209 Å². The Morgan fingerprint density at radius 2 is 0.815 bits per heavy atom. The number of nitrogens with zero attached hydrogens (tertiary/aromatic N) is 6. The van der Waals surface area contributed by atoms with Crippen molar-refractivity contribution in [3.63, 3.8) is 0 Å². The van der Waals surface area contributed by atoms with Gasteiger partial charge in [-0.1, -0.05) is 127 Å². The molecule has 2 aliphatic carbocycles. The number of amides is 9. The van der Waals surface area contributed by atoms with Gasteiger partial charge >= 0.3 is 17.9 Å². The third-order valence-electron chi connectivity index (χ3n) is 25.8. The fourth-order valence-corrected chi connectivity index (χ4v) is 17.2. The van der Waals surface area contributed by atoms with Gasteiger partial charge in [0.25, 0.3) is 35.4 Å². The number of benzene rings is 3. The average molecular weight is 1790 g/mol. The van der Waals surface area contributed by atoms with E-state index < -0.39 is 149 Å². The number of halogens is 1. The van der Waals surface area contributed by atoms with Crippen LogP contribution in [0.5, 0.6) is 0 Å². The molecule has 2 saturated carbocycles. The standard InChI is InChI=1S/C33H43N5O7.C33H41N5O5.C31H40FN5O5/c1-19(2)27-29(40)35-21(4)30(41)38-15-7-8-25(37-38)28(39)34-20(3)24-12-11-23-10-9-22(16-26(23)36-24)13-14-33(31(42)45-27)18-43-32(5,6)17-44-33;1-19-12-14-33(18-19)15-13-22-6-7-23-10-11-25(36-27(23)17-22)20(2)34-29(39)26-5-4-16-38(37-26)31(41)21(3)35-30(40)28(24-8-9-24)43-32(33)42;1-6-31(17-32)14-13-21-9-10-22-11-12-23(35-25(22)16-21)19(4)33-27(38)24-8-7-15-37(36-24)29(40)20(5)34-28(39)26(18(2)3)42-30(31)41/h9-14,16,19-21,25,27,37H,7-8,15,17-18H2,1-6H3,(H,34,39)(H,35,40);6-7,10-11,13,15,17,19-21,24,26,28,37H,4-5,8-9,12,14,16,18H2,1-3H3,(H,34,39)(H,35,40);9-14,16,18-20,24,26,36H,6-8,15,17H2,1-5H3,(H,33,38)(H,34,39)/b14-13+;15-13+;14-13+/t20-,21+,25+,27+,33?;19?,20-,21+,26+,28+,33?;19-,20+,24+,26+,31?/m111/s1. The van der Waals surface area contributed by atoms with E-state index in [4.69, 9.17) is 38.6 Å². The summed E-state index contributed by atoms with van der Waals surface area (Å²) in [4.78, 5) is 175. The van der Waals surface area contributed by atoms with Crippen molar-refractivity contribution in [1.82, 2.24) is 78.2 Å². The summed E-state index contributed by atoms with van der Waals surface area (Å²) >= 11 is 0. The highest BCUT2D eigenvalue weighted by molar-refractivity contribution is 5.96. The quantitative estimate of drug-likeness (QED) is 0.0572. The van der Waals surface area contributed by atoms with Gasteiger partial charge in [0.1, 0.15) is 48.3 Å². The Hall–Kier alpha value is -11.5. The predicted molar refractivity (Wildman–Crippen MR) is 483 cm³/mol. The maximum absolute atomic E-state index is 14.6. The molecule has 130 heavy (non-hydrogen) atoms. The molecule has 32 nitrogen and oxygen atoms in total. The van der Waals surface area contributed by atoms with E-state index in [9.17, 15) is 61.9 Å². The number of alkyl halides is 1. The zero-order valence-electron chi connectivity index (χ0n) is 76.6. The third-order valence-corrected chi connectivity index (χ3v) is 25.8. The zero-order valence-corrected chi connectivity index (χ0v) is 76.6. The normalized spacial score (nSPS) is 30.9. The van der Waals surface area contributed by atoms with Crippen LogP contribution in [0.4, 0.5) is 4.39 Å². The van der Waals surface area contributed by atoms with E-state index in [1.807, 2.05) is 138 Å². The molecule has 16 atom stereocenters. The molecule has 2 spiro atoms. The summed E-state index contributed by atoms with van der Waals surface area (Å²) < 4.78 is 44.2. The zero-order chi connectivity index (χ0) is 93.4. The summed E-state index contributed by atoms with van der Waals surface area (Å²) in [7, 11) is 0. The summed E-state index contributed by atoms with van der Waals surface area (Å²) in [6.45, 7) is 24.9. The van der Waals surface area contributed by atoms with Gasteiger partial charge in [-0.3, -0.25) is 82.7 Å². The number of nitrogens with one attached hydrogen (secondary N) is 9. The molecule has 9 N–H and O–H groups in total. The number of hydrogen-bond donors (Lipinski definition) is 9. The molecule has 9 aliphatic rings. The van der Waals surface area contributed by atoms with Crippen LogP contribution in [0.3, 0.4) is 0 Å².